The van der Waals surface area contributed by atoms with Gasteiger partial charge in [0.1, 0.15) is 0 Å². The minimum absolute atomic E-state index is 0.339. The molecule has 5 nitrogen and oxygen atoms in total. The number of nitrogens with one attached hydrogen (secondary N) is 2. The van der Waals surface area contributed by atoms with E-state index in [4.69, 9.17) is 5.73 Å². The predicted octanol–water partition coefficient (Wildman–Crippen LogP) is 0.872. The number of hydrogen-bond donors (Lipinski definition) is 3. The van der Waals surface area contributed by atoms with Gasteiger partial charge in [-0.3, -0.25) is 0 Å². The summed E-state index contributed by atoms with van der Waals surface area (Å²) in [6.45, 7) is 2.73. The van der Waals surface area contributed by atoms with Crippen molar-refractivity contribution < 1.29 is 8.42 Å². The van der Waals surface area contributed by atoms with Gasteiger partial charge in [-0.25, -0.2) is 9.44 Å². The first-order valence-corrected chi connectivity index (χ1v) is 7.99. The third kappa shape index (κ3) is 5.81. The second-order valence-electron chi connectivity index (χ2n) is 5.00. The van der Waals surface area contributed by atoms with Crippen molar-refractivity contribution in [1.29, 1.82) is 0 Å². The van der Waals surface area contributed by atoms with Crippen molar-refractivity contribution in [2.45, 2.75) is 57.4 Å². The Morgan fingerprint density at radius 1 is 1.12 bits per heavy atom. The van der Waals surface area contributed by atoms with Crippen LogP contribution in [0, 0.1) is 0 Å². The summed E-state index contributed by atoms with van der Waals surface area (Å²) in [7, 11) is -3.37. The van der Waals surface area contributed by atoms with Crippen molar-refractivity contribution in [2.75, 3.05) is 13.1 Å². The van der Waals surface area contributed by atoms with Crippen LogP contribution >= 0.6 is 0 Å². The van der Waals surface area contributed by atoms with E-state index in [9.17, 15) is 8.42 Å². The molecule has 0 aliphatic heterocycles. The standard InChI is InChI=1S/C11H25N3O2S/c1-2-9-13-17(15,16)14-10-11(12)7-5-3-4-6-8-11/h13-14H,2-10,12H2,1H3. The molecule has 0 aromatic carbocycles. The van der Waals surface area contributed by atoms with E-state index in [1.807, 2.05) is 6.92 Å². The lowest BCUT2D eigenvalue weighted by molar-refractivity contribution is 0.368. The lowest BCUT2D eigenvalue weighted by atomic mass is 9.92. The summed E-state index contributed by atoms with van der Waals surface area (Å²) in [6.07, 6.45) is 7.21. The van der Waals surface area contributed by atoms with Gasteiger partial charge in [-0.2, -0.15) is 8.42 Å². The van der Waals surface area contributed by atoms with Crippen molar-refractivity contribution in [3.8, 4) is 0 Å². The summed E-state index contributed by atoms with van der Waals surface area (Å²) in [4.78, 5) is 0. The Balaban J connectivity index is 2.42. The van der Waals surface area contributed by atoms with E-state index in [2.05, 4.69) is 9.44 Å². The second kappa shape index (κ2) is 6.68. The van der Waals surface area contributed by atoms with Crippen molar-refractivity contribution in [3.05, 3.63) is 0 Å². The molecule has 0 aromatic heterocycles. The Kier molecular flexibility index (Phi) is 5.85. The molecule has 1 rings (SSSR count). The fourth-order valence-electron chi connectivity index (χ4n) is 2.14. The highest BCUT2D eigenvalue weighted by molar-refractivity contribution is 7.87. The molecule has 0 heterocycles. The van der Waals surface area contributed by atoms with Crippen LogP contribution in [0.3, 0.4) is 0 Å². The summed E-state index contributed by atoms with van der Waals surface area (Å²) < 4.78 is 28.2. The van der Waals surface area contributed by atoms with E-state index in [0.29, 0.717) is 13.1 Å². The summed E-state index contributed by atoms with van der Waals surface area (Å²) in [5.74, 6) is 0. The second-order valence-corrected chi connectivity index (χ2v) is 6.58. The Labute approximate surface area is 105 Å². The molecular formula is C11H25N3O2S. The fourth-order valence-corrected chi connectivity index (χ4v) is 3.19. The maximum atomic E-state index is 11.6. The lowest BCUT2D eigenvalue weighted by Gasteiger charge is -2.28. The van der Waals surface area contributed by atoms with Gasteiger partial charge >= 0.3 is 0 Å². The summed E-state index contributed by atoms with van der Waals surface area (Å²) in [5.41, 5.74) is 5.88. The first-order chi connectivity index (χ1) is 7.97. The van der Waals surface area contributed by atoms with Gasteiger partial charge in [-0.05, 0) is 19.3 Å². The fraction of sp³-hybridized carbons (Fsp3) is 1.00. The highest BCUT2D eigenvalue weighted by Gasteiger charge is 2.27. The van der Waals surface area contributed by atoms with Gasteiger partial charge in [-0.1, -0.05) is 32.6 Å². The van der Waals surface area contributed by atoms with Crippen LogP contribution in [0.25, 0.3) is 0 Å². The summed E-state index contributed by atoms with van der Waals surface area (Å²) in [6, 6.07) is 0. The van der Waals surface area contributed by atoms with Crippen LogP contribution in [0.5, 0.6) is 0 Å². The molecular weight excluding hydrogens is 238 g/mol. The quantitative estimate of drug-likeness (QED) is 0.622. The van der Waals surface area contributed by atoms with Gasteiger partial charge in [0.2, 0.25) is 0 Å². The van der Waals surface area contributed by atoms with Gasteiger partial charge in [0, 0.05) is 18.6 Å². The minimum atomic E-state index is -3.37. The van der Waals surface area contributed by atoms with Crippen LogP contribution in [0.4, 0.5) is 0 Å². The predicted molar refractivity (Wildman–Crippen MR) is 69.8 cm³/mol. The van der Waals surface area contributed by atoms with Crippen LogP contribution in [-0.2, 0) is 10.2 Å². The van der Waals surface area contributed by atoms with Crippen molar-refractivity contribution >= 4 is 10.2 Å². The zero-order chi connectivity index (χ0) is 12.8. The number of rotatable bonds is 6. The third-order valence-electron chi connectivity index (χ3n) is 3.26. The van der Waals surface area contributed by atoms with Crippen molar-refractivity contribution in [1.82, 2.24) is 9.44 Å². The Hall–Kier alpha value is -0.170. The van der Waals surface area contributed by atoms with E-state index in [1.165, 1.54) is 12.8 Å². The van der Waals surface area contributed by atoms with Gasteiger partial charge in [0.05, 0.1) is 0 Å². The molecule has 1 fully saturated rings. The molecule has 0 radical (unpaired) electrons. The largest absolute Gasteiger partial charge is 0.324 e. The van der Waals surface area contributed by atoms with E-state index in [-0.39, 0.29) is 5.54 Å². The number of nitrogens with two attached hydrogens (primary N) is 1. The van der Waals surface area contributed by atoms with Crippen LogP contribution in [-0.4, -0.2) is 27.0 Å². The van der Waals surface area contributed by atoms with E-state index in [1.54, 1.807) is 0 Å². The smallest absolute Gasteiger partial charge is 0.276 e. The molecule has 4 N–H and O–H groups in total. The van der Waals surface area contributed by atoms with Crippen LogP contribution in [0.2, 0.25) is 0 Å². The Morgan fingerprint density at radius 2 is 1.71 bits per heavy atom. The molecule has 0 amide bonds. The third-order valence-corrected chi connectivity index (χ3v) is 4.36. The van der Waals surface area contributed by atoms with E-state index in [0.717, 1.165) is 32.1 Å². The normalized spacial score (nSPS) is 21.1. The minimum Gasteiger partial charge on any atom is -0.324 e. The molecule has 0 atom stereocenters. The van der Waals surface area contributed by atoms with Crippen LogP contribution in [0.1, 0.15) is 51.9 Å². The maximum absolute atomic E-state index is 11.6. The van der Waals surface area contributed by atoms with Crippen molar-refractivity contribution in [2.24, 2.45) is 5.73 Å². The highest BCUT2D eigenvalue weighted by Crippen LogP contribution is 2.24. The van der Waals surface area contributed by atoms with E-state index < -0.39 is 10.2 Å². The van der Waals surface area contributed by atoms with Crippen LogP contribution < -0.4 is 15.2 Å². The zero-order valence-electron chi connectivity index (χ0n) is 10.7. The summed E-state index contributed by atoms with van der Waals surface area (Å²) >= 11 is 0. The first-order valence-electron chi connectivity index (χ1n) is 6.51. The van der Waals surface area contributed by atoms with E-state index >= 15 is 0 Å². The first kappa shape index (κ1) is 14.9. The van der Waals surface area contributed by atoms with Crippen LogP contribution in [0.15, 0.2) is 0 Å². The molecule has 6 heteroatoms. The zero-order valence-corrected chi connectivity index (χ0v) is 11.5. The van der Waals surface area contributed by atoms with Gasteiger partial charge < -0.3 is 5.73 Å². The molecule has 1 aliphatic rings. The molecule has 0 aromatic rings. The monoisotopic (exact) mass is 263 g/mol. The maximum Gasteiger partial charge on any atom is 0.276 e. The molecule has 17 heavy (non-hydrogen) atoms. The molecule has 0 spiro atoms. The van der Waals surface area contributed by atoms with Gasteiger partial charge in [0.15, 0.2) is 0 Å². The van der Waals surface area contributed by atoms with Gasteiger partial charge in [-0.15, -0.1) is 0 Å². The average Bonchev–Trinajstić information content (AvgIpc) is 2.50. The molecule has 1 aliphatic carbocycles. The molecule has 0 saturated heterocycles. The lowest BCUT2D eigenvalue weighted by Crippen LogP contribution is -2.51. The summed E-state index contributed by atoms with van der Waals surface area (Å²) in [5, 5.41) is 0. The topological polar surface area (TPSA) is 84.2 Å². The molecule has 0 unspecified atom stereocenters. The van der Waals surface area contributed by atoms with Gasteiger partial charge in [0.25, 0.3) is 10.2 Å². The Bertz CT molecular complexity index is 309. The number of hydrogen-bond acceptors (Lipinski definition) is 3. The molecule has 1 saturated carbocycles. The Morgan fingerprint density at radius 3 is 2.24 bits per heavy atom. The molecule has 0 bridgehead atoms. The molecule has 102 valence electrons. The van der Waals surface area contributed by atoms with Crippen molar-refractivity contribution in [3.63, 3.8) is 0 Å². The average molecular weight is 263 g/mol. The SMILES string of the molecule is CCCNS(=O)(=O)NCC1(N)CCCCCC1. The highest BCUT2D eigenvalue weighted by atomic mass is 32.2.